The van der Waals surface area contributed by atoms with Gasteiger partial charge in [0.25, 0.3) is 0 Å². The Morgan fingerprint density at radius 2 is 2.00 bits per heavy atom. The van der Waals surface area contributed by atoms with Crippen LogP contribution in [0.4, 0.5) is 0 Å². The molecule has 0 aliphatic carbocycles. The molecule has 0 spiro atoms. The fourth-order valence-corrected chi connectivity index (χ4v) is 0.428. The van der Waals surface area contributed by atoms with Gasteiger partial charge in [0, 0.05) is 18.4 Å². The molecule has 0 aliphatic rings. The molecule has 0 radical (unpaired) electrons. The number of hydrogen-bond acceptors (Lipinski definition) is 3. The molecular formula is C6H5N3. The third-order valence-corrected chi connectivity index (χ3v) is 0.750. The van der Waals surface area contributed by atoms with Crippen LogP contribution >= 0.6 is 0 Å². The summed E-state index contributed by atoms with van der Waals surface area (Å²) in [5.41, 5.74) is 4.92. The number of aromatic nitrogens is 2. The van der Waals surface area contributed by atoms with E-state index >= 15 is 0 Å². The van der Waals surface area contributed by atoms with Gasteiger partial charge in [-0.1, -0.05) is 0 Å². The monoisotopic (exact) mass is 119 g/mol. The molecule has 1 rings (SSSR count). The Hall–Kier alpha value is -1.56. The summed E-state index contributed by atoms with van der Waals surface area (Å²) in [7, 11) is 0. The van der Waals surface area contributed by atoms with Crippen LogP contribution in [0.1, 0.15) is 5.82 Å². The Morgan fingerprint density at radius 1 is 1.33 bits per heavy atom. The Labute approximate surface area is 52.9 Å². The van der Waals surface area contributed by atoms with Crippen molar-refractivity contribution in [2.24, 2.45) is 5.73 Å². The third kappa shape index (κ3) is 1.42. The molecule has 1 aromatic heterocycles. The zero-order valence-electron chi connectivity index (χ0n) is 4.70. The molecule has 1 aromatic rings. The number of nitrogens with two attached hydrogens (primary N) is 1. The molecule has 3 nitrogen and oxygen atoms in total. The summed E-state index contributed by atoms with van der Waals surface area (Å²) in [4.78, 5) is 7.61. The third-order valence-electron chi connectivity index (χ3n) is 0.750. The van der Waals surface area contributed by atoms with Gasteiger partial charge in [0.1, 0.15) is 0 Å². The van der Waals surface area contributed by atoms with Crippen molar-refractivity contribution in [3.05, 3.63) is 24.3 Å². The summed E-state index contributed by atoms with van der Waals surface area (Å²) in [6.45, 7) is 0. The predicted molar refractivity (Wildman–Crippen MR) is 33.1 cm³/mol. The van der Waals surface area contributed by atoms with Crippen molar-refractivity contribution in [3.63, 3.8) is 0 Å². The summed E-state index contributed by atoms with van der Waals surface area (Å²) < 4.78 is 0. The highest BCUT2D eigenvalue weighted by atomic mass is 14.8. The smallest absolute Gasteiger partial charge is 0.206 e. The molecule has 0 bridgehead atoms. The lowest BCUT2D eigenvalue weighted by Crippen LogP contribution is -1.86. The maximum Gasteiger partial charge on any atom is 0.206 e. The molecule has 0 atom stereocenters. The second-order valence-corrected chi connectivity index (χ2v) is 1.34. The highest BCUT2D eigenvalue weighted by molar-refractivity contribution is 5.17. The Balaban J connectivity index is 2.94. The van der Waals surface area contributed by atoms with E-state index in [0.717, 1.165) is 0 Å². The van der Waals surface area contributed by atoms with Crippen LogP contribution in [0.3, 0.4) is 0 Å². The van der Waals surface area contributed by atoms with Crippen molar-refractivity contribution < 1.29 is 0 Å². The SMILES string of the molecule is NC#Cc1ncccn1. The molecule has 2 N–H and O–H groups in total. The lowest BCUT2D eigenvalue weighted by molar-refractivity contribution is 1.13. The summed E-state index contributed by atoms with van der Waals surface area (Å²) >= 11 is 0. The van der Waals surface area contributed by atoms with Gasteiger partial charge in [0.2, 0.25) is 5.82 Å². The highest BCUT2D eigenvalue weighted by Gasteiger charge is 1.81. The Morgan fingerprint density at radius 3 is 2.56 bits per heavy atom. The second kappa shape index (κ2) is 2.68. The topological polar surface area (TPSA) is 51.8 Å². The lowest BCUT2D eigenvalue weighted by Gasteiger charge is -1.81. The fraction of sp³-hybridized carbons (Fsp3) is 0. The Bertz CT molecular complexity index is 231. The number of hydrogen-bond donors (Lipinski definition) is 1. The molecule has 0 aromatic carbocycles. The first-order valence-electron chi connectivity index (χ1n) is 2.42. The molecule has 9 heavy (non-hydrogen) atoms. The quantitative estimate of drug-likeness (QED) is 0.378. The van der Waals surface area contributed by atoms with Crippen molar-refractivity contribution in [1.82, 2.24) is 9.97 Å². The molecule has 0 amide bonds. The molecule has 0 unspecified atom stereocenters. The largest absolute Gasteiger partial charge is 0.359 e. The predicted octanol–water partition coefficient (Wildman–Crippen LogP) is -0.256. The summed E-state index contributed by atoms with van der Waals surface area (Å²) in [6.07, 6.45) is 3.24. The fourth-order valence-electron chi connectivity index (χ4n) is 0.428. The van der Waals surface area contributed by atoms with Crippen molar-refractivity contribution in [2.45, 2.75) is 0 Å². The molecule has 3 heteroatoms. The number of rotatable bonds is 0. The van der Waals surface area contributed by atoms with E-state index in [4.69, 9.17) is 5.73 Å². The molecular weight excluding hydrogens is 114 g/mol. The van der Waals surface area contributed by atoms with Crippen LogP contribution in [0, 0.1) is 12.0 Å². The minimum atomic E-state index is 0.458. The average Bonchev–Trinajstić information content (AvgIpc) is 1.91. The first kappa shape index (κ1) is 5.57. The maximum absolute atomic E-state index is 4.92. The summed E-state index contributed by atoms with van der Waals surface area (Å²) in [5, 5.41) is 0. The molecule has 1 heterocycles. The molecule has 0 fully saturated rings. The van der Waals surface area contributed by atoms with Crippen LogP contribution in [0.15, 0.2) is 18.5 Å². The van der Waals surface area contributed by atoms with Crippen LogP contribution in [0.5, 0.6) is 0 Å². The van der Waals surface area contributed by atoms with Crippen LogP contribution in [0.2, 0.25) is 0 Å². The van der Waals surface area contributed by atoms with Crippen molar-refractivity contribution in [2.75, 3.05) is 0 Å². The first-order valence-corrected chi connectivity index (χ1v) is 2.42. The van der Waals surface area contributed by atoms with Gasteiger partial charge in [-0.2, -0.15) is 0 Å². The minimum Gasteiger partial charge on any atom is -0.359 e. The van der Waals surface area contributed by atoms with Crippen LogP contribution in [0.25, 0.3) is 0 Å². The standard InChI is InChI=1S/C6H5N3/c7-3-2-6-8-4-1-5-9-6/h1,4-5H,7H2. The Kier molecular flexibility index (Phi) is 1.66. The van der Waals surface area contributed by atoms with Gasteiger partial charge in [-0.25, -0.2) is 9.97 Å². The minimum absolute atomic E-state index is 0.458. The molecule has 0 saturated heterocycles. The molecule has 0 aliphatic heterocycles. The van der Waals surface area contributed by atoms with Crippen LogP contribution < -0.4 is 5.73 Å². The van der Waals surface area contributed by atoms with E-state index in [9.17, 15) is 0 Å². The van der Waals surface area contributed by atoms with E-state index < -0.39 is 0 Å². The van der Waals surface area contributed by atoms with Crippen molar-refractivity contribution in [1.29, 1.82) is 0 Å². The summed E-state index contributed by atoms with van der Waals surface area (Å²) in [5.74, 6) is 2.97. The van der Waals surface area contributed by atoms with Gasteiger partial charge in [-0.15, -0.1) is 0 Å². The molecule has 0 saturated carbocycles. The zero-order valence-corrected chi connectivity index (χ0v) is 4.70. The second-order valence-electron chi connectivity index (χ2n) is 1.34. The first-order chi connectivity index (χ1) is 4.43. The van der Waals surface area contributed by atoms with Gasteiger partial charge < -0.3 is 5.73 Å². The van der Waals surface area contributed by atoms with Gasteiger partial charge in [-0.05, 0) is 12.0 Å². The highest BCUT2D eigenvalue weighted by Crippen LogP contribution is 1.80. The molecule has 44 valence electrons. The van der Waals surface area contributed by atoms with E-state index in [-0.39, 0.29) is 0 Å². The van der Waals surface area contributed by atoms with Crippen LogP contribution in [-0.2, 0) is 0 Å². The lowest BCUT2D eigenvalue weighted by atomic mass is 10.6. The van der Waals surface area contributed by atoms with Gasteiger partial charge in [0.05, 0.1) is 0 Å². The van der Waals surface area contributed by atoms with Gasteiger partial charge in [0.15, 0.2) is 0 Å². The normalized spacial score (nSPS) is 7.56. The summed E-state index contributed by atoms with van der Waals surface area (Å²) in [6, 6.07) is 3.93. The maximum atomic E-state index is 4.92. The number of nitrogens with zero attached hydrogens (tertiary/aromatic N) is 2. The van der Waals surface area contributed by atoms with Gasteiger partial charge >= 0.3 is 0 Å². The van der Waals surface area contributed by atoms with Crippen molar-refractivity contribution in [3.8, 4) is 12.0 Å². The zero-order chi connectivity index (χ0) is 6.53. The van der Waals surface area contributed by atoms with Gasteiger partial charge in [-0.3, -0.25) is 0 Å². The van der Waals surface area contributed by atoms with E-state index in [1.807, 2.05) is 0 Å². The van der Waals surface area contributed by atoms with E-state index in [0.29, 0.717) is 5.82 Å². The average molecular weight is 119 g/mol. The van der Waals surface area contributed by atoms with E-state index in [2.05, 4.69) is 21.9 Å². The van der Waals surface area contributed by atoms with E-state index in [1.165, 1.54) is 0 Å². The van der Waals surface area contributed by atoms with Crippen molar-refractivity contribution >= 4 is 0 Å². The van der Waals surface area contributed by atoms with E-state index in [1.54, 1.807) is 18.5 Å². The van der Waals surface area contributed by atoms with Crippen LogP contribution in [-0.4, -0.2) is 9.97 Å².